The highest BCUT2D eigenvalue weighted by Gasteiger charge is 2.16. The van der Waals surface area contributed by atoms with Crippen molar-refractivity contribution in [3.63, 3.8) is 0 Å². The van der Waals surface area contributed by atoms with E-state index in [0.29, 0.717) is 23.6 Å². The van der Waals surface area contributed by atoms with Crippen LogP contribution >= 0.6 is 0 Å². The van der Waals surface area contributed by atoms with E-state index in [1.165, 1.54) is 0 Å². The molecule has 0 unspecified atom stereocenters. The van der Waals surface area contributed by atoms with Crippen LogP contribution in [-0.2, 0) is 6.54 Å². The fraction of sp³-hybridized carbons (Fsp3) is 0.273. The van der Waals surface area contributed by atoms with Gasteiger partial charge in [-0.05, 0) is 50.6 Å². The zero-order chi connectivity index (χ0) is 20.3. The summed E-state index contributed by atoms with van der Waals surface area (Å²) < 4.78 is 12.5. The van der Waals surface area contributed by atoms with Gasteiger partial charge >= 0.3 is 0 Å². The molecule has 1 aromatic heterocycles. The Morgan fingerprint density at radius 2 is 1.68 bits per heavy atom. The smallest absolute Gasteiger partial charge is 0.255 e. The Balaban J connectivity index is 1.82. The maximum Gasteiger partial charge on any atom is 0.255 e. The Bertz CT molecular complexity index is 991. The van der Waals surface area contributed by atoms with E-state index in [4.69, 9.17) is 9.47 Å². The first-order valence-electron chi connectivity index (χ1n) is 9.06. The predicted octanol–water partition coefficient (Wildman–Crippen LogP) is 4.13. The second-order valence-corrected chi connectivity index (χ2v) is 6.71. The summed E-state index contributed by atoms with van der Waals surface area (Å²) in [6, 6.07) is 13.3. The van der Waals surface area contributed by atoms with Crippen molar-refractivity contribution in [1.29, 1.82) is 0 Å². The molecule has 0 spiro atoms. The van der Waals surface area contributed by atoms with Crippen LogP contribution in [0.4, 0.5) is 5.69 Å². The van der Waals surface area contributed by atoms with Crippen LogP contribution in [0.1, 0.15) is 32.9 Å². The van der Waals surface area contributed by atoms with Gasteiger partial charge in [0.15, 0.2) is 11.5 Å². The van der Waals surface area contributed by atoms with Crippen LogP contribution < -0.4 is 14.8 Å². The lowest BCUT2D eigenvalue weighted by atomic mass is 10.1. The molecule has 0 aliphatic rings. The van der Waals surface area contributed by atoms with Crippen molar-refractivity contribution in [1.82, 2.24) is 9.78 Å². The molecule has 146 valence electrons. The Morgan fingerprint density at radius 1 is 1.00 bits per heavy atom. The zero-order valence-corrected chi connectivity index (χ0v) is 16.9. The van der Waals surface area contributed by atoms with Gasteiger partial charge in [0.2, 0.25) is 0 Å². The number of methoxy groups -OCH3 is 2. The number of aromatic nitrogens is 2. The third-order valence-corrected chi connectivity index (χ3v) is 4.71. The van der Waals surface area contributed by atoms with Crippen LogP contribution in [0.5, 0.6) is 11.5 Å². The molecule has 0 aliphatic heterocycles. The molecule has 1 N–H and O–H groups in total. The van der Waals surface area contributed by atoms with Crippen molar-refractivity contribution in [2.45, 2.75) is 27.3 Å². The number of anilines is 1. The number of nitrogens with one attached hydrogen (secondary N) is 1. The minimum Gasteiger partial charge on any atom is -0.493 e. The summed E-state index contributed by atoms with van der Waals surface area (Å²) in [4.78, 5) is 12.6. The maximum absolute atomic E-state index is 12.6. The maximum atomic E-state index is 12.6. The third-order valence-electron chi connectivity index (χ3n) is 4.71. The first-order chi connectivity index (χ1) is 13.4. The van der Waals surface area contributed by atoms with Gasteiger partial charge in [-0.25, -0.2) is 0 Å². The fourth-order valence-corrected chi connectivity index (χ4v) is 3.07. The van der Waals surface area contributed by atoms with Gasteiger partial charge in [0.25, 0.3) is 5.91 Å². The van der Waals surface area contributed by atoms with Gasteiger partial charge in [-0.15, -0.1) is 0 Å². The lowest BCUT2D eigenvalue weighted by Crippen LogP contribution is -2.13. The molecule has 6 heteroatoms. The Hall–Kier alpha value is -3.28. The third kappa shape index (κ3) is 4.01. The largest absolute Gasteiger partial charge is 0.493 e. The molecule has 3 rings (SSSR count). The van der Waals surface area contributed by atoms with Crippen molar-refractivity contribution < 1.29 is 14.3 Å². The molecule has 1 amide bonds. The monoisotopic (exact) mass is 379 g/mol. The number of benzene rings is 2. The van der Waals surface area contributed by atoms with Crippen LogP contribution in [0.3, 0.4) is 0 Å². The summed E-state index contributed by atoms with van der Waals surface area (Å²) in [6.45, 7) is 6.40. The molecular weight excluding hydrogens is 354 g/mol. The highest BCUT2D eigenvalue weighted by Crippen LogP contribution is 2.28. The van der Waals surface area contributed by atoms with Gasteiger partial charge in [-0.1, -0.05) is 23.8 Å². The molecule has 0 radical (unpaired) electrons. The summed E-state index contributed by atoms with van der Waals surface area (Å²) in [5.41, 5.74) is 5.18. The average molecular weight is 379 g/mol. The zero-order valence-electron chi connectivity index (χ0n) is 16.9. The summed E-state index contributed by atoms with van der Waals surface area (Å²) in [5.74, 6) is 1.22. The van der Waals surface area contributed by atoms with Crippen molar-refractivity contribution in [3.8, 4) is 11.5 Å². The molecule has 28 heavy (non-hydrogen) atoms. The van der Waals surface area contributed by atoms with Crippen molar-refractivity contribution >= 4 is 11.6 Å². The second kappa shape index (κ2) is 8.17. The predicted molar refractivity (Wildman–Crippen MR) is 109 cm³/mol. The first kappa shape index (κ1) is 19.5. The first-order valence-corrected chi connectivity index (χ1v) is 9.06. The number of aryl methyl sites for hydroxylation is 2. The van der Waals surface area contributed by atoms with Crippen LogP contribution in [0.25, 0.3) is 0 Å². The van der Waals surface area contributed by atoms with E-state index in [1.807, 2.05) is 67.9 Å². The summed E-state index contributed by atoms with van der Waals surface area (Å²) >= 11 is 0. The lowest BCUT2D eigenvalue weighted by Gasteiger charge is -2.11. The number of rotatable bonds is 6. The number of hydrogen-bond acceptors (Lipinski definition) is 4. The number of ether oxygens (including phenoxy) is 2. The minimum absolute atomic E-state index is 0.142. The molecule has 3 aromatic rings. The lowest BCUT2D eigenvalue weighted by molar-refractivity contribution is 0.102. The quantitative estimate of drug-likeness (QED) is 0.699. The van der Waals surface area contributed by atoms with Gasteiger partial charge in [0.1, 0.15) is 0 Å². The van der Waals surface area contributed by atoms with Crippen LogP contribution in [0.2, 0.25) is 0 Å². The van der Waals surface area contributed by atoms with Gasteiger partial charge in [0.05, 0.1) is 37.8 Å². The molecule has 0 bridgehead atoms. The van der Waals surface area contributed by atoms with Crippen LogP contribution in [0, 0.1) is 20.8 Å². The molecule has 2 aromatic carbocycles. The summed E-state index contributed by atoms with van der Waals surface area (Å²) in [6.07, 6.45) is 0. The van der Waals surface area contributed by atoms with E-state index in [-0.39, 0.29) is 5.91 Å². The topological polar surface area (TPSA) is 65.4 Å². The number of carbonyl (C=O) groups excluding carboxylic acids is 1. The number of amides is 1. The van der Waals surface area contributed by atoms with E-state index in [0.717, 1.165) is 28.2 Å². The SMILES string of the molecule is COc1ccc(Cn2nc(C)c(NC(=O)c3ccc(C)cc3)c2C)cc1OC. The Labute approximate surface area is 165 Å². The Morgan fingerprint density at radius 3 is 2.32 bits per heavy atom. The van der Waals surface area contributed by atoms with Gasteiger partial charge < -0.3 is 14.8 Å². The normalized spacial score (nSPS) is 10.6. The number of carbonyl (C=O) groups is 1. The van der Waals surface area contributed by atoms with E-state index < -0.39 is 0 Å². The molecular formula is C22H25N3O3. The second-order valence-electron chi connectivity index (χ2n) is 6.71. The van der Waals surface area contributed by atoms with Crippen LogP contribution in [0.15, 0.2) is 42.5 Å². The fourth-order valence-electron chi connectivity index (χ4n) is 3.07. The van der Waals surface area contributed by atoms with Crippen molar-refractivity contribution in [3.05, 3.63) is 70.5 Å². The van der Waals surface area contributed by atoms with E-state index in [2.05, 4.69) is 10.4 Å². The molecule has 0 saturated heterocycles. The number of nitrogens with zero attached hydrogens (tertiary/aromatic N) is 2. The van der Waals surface area contributed by atoms with E-state index in [9.17, 15) is 4.79 Å². The highest BCUT2D eigenvalue weighted by atomic mass is 16.5. The standard InChI is InChI=1S/C22H25N3O3/c1-14-6-9-18(10-7-14)22(26)23-21-15(2)24-25(16(21)3)13-17-8-11-19(27-4)20(12-17)28-5/h6-12H,13H2,1-5H3,(H,23,26). The highest BCUT2D eigenvalue weighted by molar-refractivity contribution is 6.04. The molecule has 6 nitrogen and oxygen atoms in total. The summed E-state index contributed by atoms with van der Waals surface area (Å²) in [7, 11) is 3.23. The van der Waals surface area contributed by atoms with Gasteiger partial charge in [0, 0.05) is 5.56 Å². The van der Waals surface area contributed by atoms with Crippen LogP contribution in [-0.4, -0.2) is 29.9 Å². The average Bonchev–Trinajstić information content (AvgIpc) is 2.95. The van der Waals surface area contributed by atoms with Gasteiger partial charge in [-0.2, -0.15) is 5.10 Å². The summed E-state index contributed by atoms with van der Waals surface area (Å²) in [5, 5.41) is 7.59. The Kier molecular flexibility index (Phi) is 5.68. The molecule has 0 aliphatic carbocycles. The van der Waals surface area contributed by atoms with Crippen molar-refractivity contribution in [2.75, 3.05) is 19.5 Å². The van der Waals surface area contributed by atoms with Crippen molar-refractivity contribution in [2.24, 2.45) is 0 Å². The minimum atomic E-state index is -0.142. The molecule has 0 saturated carbocycles. The van der Waals surface area contributed by atoms with Gasteiger partial charge in [-0.3, -0.25) is 9.48 Å². The molecule has 1 heterocycles. The van der Waals surface area contributed by atoms with E-state index >= 15 is 0 Å². The molecule has 0 atom stereocenters. The molecule has 0 fully saturated rings. The number of hydrogen-bond donors (Lipinski definition) is 1. The van der Waals surface area contributed by atoms with E-state index in [1.54, 1.807) is 14.2 Å².